The number of nitriles is 2. The van der Waals surface area contributed by atoms with E-state index in [9.17, 15) is 10.5 Å². The second-order valence-electron chi connectivity index (χ2n) is 13.9. The maximum absolute atomic E-state index is 9.77. The van der Waals surface area contributed by atoms with Gasteiger partial charge in [0.15, 0.2) is 0 Å². The lowest BCUT2D eigenvalue weighted by molar-refractivity contribution is 1.27. The summed E-state index contributed by atoms with van der Waals surface area (Å²) in [5.41, 5.74) is 15.8. The molecule has 0 saturated carbocycles. The van der Waals surface area contributed by atoms with E-state index < -0.39 is 0 Å². The minimum atomic E-state index is 0.444. The zero-order valence-corrected chi connectivity index (χ0v) is 29.7. The average Bonchev–Trinajstić information content (AvgIpc) is 3.58. The Bertz CT molecular complexity index is 2900. The van der Waals surface area contributed by atoms with E-state index in [1.807, 2.05) is 42.5 Å². The first kappa shape index (κ1) is 32.0. The molecular weight excluding hydrogens is 667 g/mol. The molecule has 0 amide bonds. The standard InChI is InChI=1S/C52H31N3/c53-32-34-29-35(33-54)31-41(30-34)55(39-17-8-3-9-18-39)40-25-23-36(24-26-40)42-27-28-47-50-43(42)21-12-22-46(50)51-48(37-13-4-1-5-14-37)44-19-10-11-20-45(44)49(52(47)51)38-15-6-2-7-16-38/h1-31H. The molecule has 0 radical (unpaired) electrons. The summed E-state index contributed by atoms with van der Waals surface area (Å²) >= 11 is 0. The first-order chi connectivity index (χ1) is 27.2. The fraction of sp³-hybridized carbons (Fsp3) is 0. The molecule has 3 heteroatoms. The molecule has 0 N–H and O–H groups in total. The Morgan fingerprint density at radius 2 is 0.800 bits per heavy atom. The number of hydrogen-bond donors (Lipinski definition) is 0. The van der Waals surface area contributed by atoms with E-state index in [1.54, 1.807) is 6.07 Å². The second kappa shape index (κ2) is 13.0. The first-order valence-electron chi connectivity index (χ1n) is 18.4. The van der Waals surface area contributed by atoms with E-state index >= 15 is 0 Å². The summed E-state index contributed by atoms with van der Waals surface area (Å²) in [6.07, 6.45) is 0. The predicted octanol–water partition coefficient (Wildman–Crippen LogP) is 13.9. The molecule has 3 nitrogen and oxygen atoms in total. The average molecular weight is 698 g/mol. The van der Waals surface area contributed by atoms with Gasteiger partial charge in [-0.25, -0.2) is 0 Å². The summed E-state index contributed by atoms with van der Waals surface area (Å²) in [5.74, 6) is 0. The SMILES string of the molecule is N#Cc1cc(C#N)cc(N(c2ccccc2)c2ccc(-c3ccc4c5c(cccc35)-c3c-4c(-c4ccccc4)c4ccccc4c3-c3ccccc3)cc2)c1. The van der Waals surface area contributed by atoms with Crippen LogP contribution in [0.1, 0.15) is 11.1 Å². The molecule has 0 fully saturated rings. The van der Waals surface area contributed by atoms with Crippen molar-refractivity contribution in [2.75, 3.05) is 4.90 Å². The van der Waals surface area contributed by atoms with Crippen molar-refractivity contribution < 1.29 is 0 Å². The van der Waals surface area contributed by atoms with E-state index in [1.165, 1.54) is 66.1 Å². The minimum absolute atomic E-state index is 0.444. The number of nitrogens with zero attached hydrogens (tertiary/aromatic N) is 3. The van der Waals surface area contributed by atoms with Crippen molar-refractivity contribution >= 4 is 38.6 Å². The quantitative estimate of drug-likeness (QED) is 0.174. The molecule has 0 bridgehead atoms. The summed E-state index contributed by atoms with van der Waals surface area (Å²) in [6.45, 7) is 0. The fourth-order valence-electron chi connectivity index (χ4n) is 8.55. The van der Waals surface area contributed by atoms with Gasteiger partial charge in [-0.05, 0) is 120 Å². The molecular formula is C52H31N3. The van der Waals surface area contributed by atoms with Crippen molar-refractivity contribution in [2.45, 2.75) is 0 Å². The molecule has 10 rings (SSSR count). The zero-order chi connectivity index (χ0) is 36.9. The largest absolute Gasteiger partial charge is 0.310 e. The van der Waals surface area contributed by atoms with Crippen LogP contribution in [-0.4, -0.2) is 0 Å². The van der Waals surface area contributed by atoms with E-state index in [2.05, 4.69) is 157 Å². The van der Waals surface area contributed by atoms with Crippen LogP contribution < -0.4 is 4.90 Å². The van der Waals surface area contributed by atoms with Crippen LogP contribution in [0.15, 0.2) is 188 Å². The molecule has 0 aromatic heterocycles. The molecule has 0 unspecified atom stereocenters. The minimum Gasteiger partial charge on any atom is -0.310 e. The van der Waals surface area contributed by atoms with Gasteiger partial charge >= 0.3 is 0 Å². The smallest absolute Gasteiger partial charge is 0.0992 e. The number of hydrogen-bond acceptors (Lipinski definition) is 3. The van der Waals surface area contributed by atoms with Gasteiger partial charge in [0.1, 0.15) is 0 Å². The Balaban J connectivity index is 1.18. The van der Waals surface area contributed by atoms with Crippen molar-refractivity contribution in [1.82, 2.24) is 0 Å². The van der Waals surface area contributed by atoms with Gasteiger partial charge in [0.2, 0.25) is 0 Å². The van der Waals surface area contributed by atoms with Crippen molar-refractivity contribution in [2.24, 2.45) is 0 Å². The molecule has 0 spiro atoms. The van der Waals surface area contributed by atoms with Crippen molar-refractivity contribution in [3.63, 3.8) is 0 Å². The Morgan fingerprint density at radius 1 is 0.327 bits per heavy atom. The van der Waals surface area contributed by atoms with Gasteiger partial charge in [0, 0.05) is 17.1 Å². The molecule has 9 aromatic rings. The number of rotatable bonds is 6. The summed E-state index contributed by atoms with van der Waals surface area (Å²) in [7, 11) is 0. The van der Waals surface area contributed by atoms with E-state index in [0.29, 0.717) is 11.1 Å². The topological polar surface area (TPSA) is 50.8 Å². The van der Waals surface area contributed by atoms with Gasteiger partial charge in [-0.15, -0.1) is 0 Å². The molecule has 55 heavy (non-hydrogen) atoms. The molecule has 0 saturated heterocycles. The maximum atomic E-state index is 9.77. The van der Waals surface area contributed by atoms with Crippen molar-refractivity contribution in [3.8, 4) is 67.8 Å². The molecule has 9 aromatic carbocycles. The lowest BCUT2D eigenvalue weighted by Gasteiger charge is -2.26. The maximum Gasteiger partial charge on any atom is 0.0992 e. The van der Waals surface area contributed by atoms with E-state index in [-0.39, 0.29) is 0 Å². The fourth-order valence-corrected chi connectivity index (χ4v) is 8.55. The number of fused-ring (bicyclic) bond motifs is 4. The van der Waals surface area contributed by atoms with Gasteiger partial charge in [0.25, 0.3) is 0 Å². The van der Waals surface area contributed by atoms with E-state index in [0.717, 1.165) is 28.2 Å². The number of para-hydroxylation sites is 1. The summed E-state index contributed by atoms with van der Waals surface area (Å²) in [6, 6.07) is 70.2. The number of anilines is 3. The van der Waals surface area contributed by atoms with Crippen molar-refractivity contribution in [3.05, 3.63) is 199 Å². The Labute approximate surface area is 319 Å². The molecule has 1 aliphatic rings. The Kier molecular flexibility index (Phi) is 7.58. The Morgan fingerprint density at radius 3 is 1.36 bits per heavy atom. The Hall–Kier alpha value is -7.72. The summed E-state index contributed by atoms with van der Waals surface area (Å²) in [5, 5.41) is 24.5. The van der Waals surface area contributed by atoms with Gasteiger partial charge in [0.05, 0.1) is 23.3 Å². The second-order valence-corrected chi connectivity index (χ2v) is 13.9. The van der Waals surface area contributed by atoms with Crippen LogP contribution in [0.3, 0.4) is 0 Å². The third kappa shape index (κ3) is 5.19. The summed E-state index contributed by atoms with van der Waals surface area (Å²) < 4.78 is 0. The van der Waals surface area contributed by atoms with Crippen LogP contribution in [0.25, 0.3) is 77.2 Å². The van der Waals surface area contributed by atoms with Gasteiger partial charge < -0.3 is 4.90 Å². The van der Waals surface area contributed by atoms with Gasteiger partial charge in [-0.2, -0.15) is 10.5 Å². The van der Waals surface area contributed by atoms with Crippen LogP contribution >= 0.6 is 0 Å². The predicted molar refractivity (Wildman–Crippen MR) is 226 cm³/mol. The molecule has 0 aliphatic heterocycles. The number of benzene rings is 9. The third-order valence-electron chi connectivity index (χ3n) is 10.8. The lowest BCUT2D eigenvalue weighted by Crippen LogP contribution is -2.10. The van der Waals surface area contributed by atoms with E-state index in [4.69, 9.17) is 0 Å². The summed E-state index contributed by atoms with van der Waals surface area (Å²) in [4.78, 5) is 2.09. The van der Waals surface area contributed by atoms with Crippen LogP contribution in [0.2, 0.25) is 0 Å². The third-order valence-corrected chi connectivity index (χ3v) is 10.8. The van der Waals surface area contributed by atoms with Crippen LogP contribution in [0.4, 0.5) is 17.1 Å². The first-order valence-corrected chi connectivity index (χ1v) is 18.4. The van der Waals surface area contributed by atoms with Crippen molar-refractivity contribution in [1.29, 1.82) is 10.5 Å². The lowest BCUT2D eigenvalue weighted by atomic mass is 9.82. The monoisotopic (exact) mass is 697 g/mol. The van der Waals surface area contributed by atoms with Gasteiger partial charge in [-0.3, -0.25) is 0 Å². The highest BCUT2D eigenvalue weighted by Gasteiger charge is 2.31. The molecule has 0 heterocycles. The van der Waals surface area contributed by atoms with Crippen LogP contribution in [-0.2, 0) is 0 Å². The zero-order valence-electron chi connectivity index (χ0n) is 29.7. The molecule has 1 aliphatic carbocycles. The molecule has 254 valence electrons. The highest BCUT2D eigenvalue weighted by Crippen LogP contribution is 2.58. The highest BCUT2D eigenvalue weighted by atomic mass is 15.1. The van der Waals surface area contributed by atoms with Gasteiger partial charge in [-0.1, -0.05) is 146 Å². The van der Waals surface area contributed by atoms with Crippen LogP contribution in [0.5, 0.6) is 0 Å². The van der Waals surface area contributed by atoms with Crippen LogP contribution in [0, 0.1) is 22.7 Å². The molecule has 0 atom stereocenters. The highest BCUT2D eigenvalue weighted by molar-refractivity contribution is 6.28. The normalized spacial score (nSPS) is 11.2.